The SMILES string of the molecule is Cc1cccc(S(=O)(=O)N2CCCCC2CC(C)O)c1. The maximum atomic E-state index is 12.8. The van der Waals surface area contributed by atoms with Crippen molar-refractivity contribution in [3.63, 3.8) is 0 Å². The van der Waals surface area contributed by atoms with Crippen molar-refractivity contribution < 1.29 is 13.5 Å². The number of benzene rings is 1. The van der Waals surface area contributed by atoms with Crippen LogP contribution in [0.25, 0.3) is 0 Å². The van der Waals surface area contributed by atoms with Gasteiger partial charge in [0.05, 0.1) is 11.0 Å². The van der Waals surface area contributed by atoms with Crippen LogP contribution in [0.4, 0.5) is 0 Å². The lowest BCUT2D eigenvalue weighted by atomic mass is 10.00. The molecule has 2 unspecified atom stereocenters. The predicted molar refractivity (Wildman–Crippen MR) is 79.0 cm³/mol. The van der Waals surface area contributed by atoms with E-state index in [0.29, 0.717) is 17.9 Å². The lowest BCUT2D eigenvalue weighted by molar-refractivity contribution is 0.131. The first-order valence-corrected chi connectivity index (χ1v) is 8.62. The molecule has 5 heteroatoms. The normalized spacial score (nSPS) is 22.6. The minimum atomic E-state index is -3.46. The Morgan fingerprint density at radius 2 is 2.15 bits per heavy atom. The second-order valence-electron chi connectivity index (χ2n) is 5.67. The Labute approximate surface area is 121 Å². The molecule has 4 nitrogen and oxygen atoms in total. The van der Waals surface area contributed by atoms with Gasteiger partial charge in [-0.15, -0.1) is 0 Å². The molecule has 0 saturated carbocycles. The Hall–Kier alpha value is -0.910. The van der Waals surface area contributed by atoms with Crippen LogP contribution < -0.4 is 0 Å². The van der Waals surface area contributed by atoms with Crippen LogP contribution in [-0.4, -0.2) is 36.5 Å². The third kappa shape index (κ3) is 3.40. The van der Waals surface area contributed by atoms with Crippen LogP contribution in [0.15, 0.2) is 29.2 Å². The predicted octanol–water partition coefficient (Wildman–Crippen LogP) is 2.31. The Morgan fingerprint density at radius 3 is 2.80 bits per heavy atom. The number of sulfonamides is 1. The highest BCUT2D eigenvalue weighted by atomic mass is 32.2. The monoisotopic (exact) mass is 297 g/mol. The molecule has 0 bridgehead atoms. The molecule has 20 heavy (non-hydrogen) atoms. The Bertz CT molecular complexity index is 554. The molecule has 1 aromatic carbocycles. The minimum Gasteiger partial charge on any atom is -0.393 e. The van der Waals surface area contributed by atoms with Gasteiger partial charge in [0.25, 0.3) is 0 Å². The van der Waals surface area contributed by atoms with E-state index in [1.54, 1.807) is 29.4 Å². The quantitative estimate of drug-likeness (QED) is 0.928. The summed E-state index contributed by atoms with van der Waals surface area (Å²) in [6.07, 6.45) is 2.77. The molecule has 1 aromatic rings. The lowest BCUT2D eigenvalue weighted by Crippen LogP contribution is -2.44. The first kappa shape index (κ1) is 15.5. The summed E-state index contributed by atoms with van der Waals surface area (Å²) in [6.45, 7) is 4.15. The third-order valence-electron chi connectivity index (χ3n) is 3.78. The van der Waals surface area contributed by atoms with E-state index in [9.17, 15) is 13.5 Å². The molecule has 0 aromatic heterocycles. The van der Waals surface area contributed by atoms with Crippen LogP contribution in [0.1, 0.15) is 38.2 Å². The number of aryl methyl sites for hydroxylation is 1. The molecule has 1 fully saturated rings. The van der Waals surface area contributed by atoms with E-state index in [4.69, 9.17) is 0 Å². The number of piperidine rings is 1. The van der Waals surface area contributed by atoms with E-state index in [1.807, 2.05) is 13.0 Å². The zero-order valence-corrected chi connectivity index (χ0v) is 12.9. The van der Waals surface area contributed by atoms with Crippen molar-refractivity contribution in [1.29, 1.82) is 0 Å². The van der Waals surface area contributed by atoms with Gasteiger partial charge in [0.1, 0.15) is 0 Å². The van der Waals surface area contributed by atoms with E-state index in [1.165, 1.54) is 0 Å². The maximum absolute atomic E-state index is 12.8. The van der Waals surface area contributed by atoms with Gasteiger partial charge in [-0.2, -0.15) is 4.31 Å². The molecule has 0 spiro atoms. The maximum Gasteiger partial charge on any atom is 0.243 e. The number of aliphatic hydroxyl groups excluding tert-OH is 1. The highest BCUT2D eigenvalue weighted by molar-refractivity contribution is 7.89. The molecule has 112 valence electrons. The van der Waals surface area contributed by atoms with E-state index < -0.39 is 16.1 Å². The number of hydrogen-bond acceptors (Lipinski definition) is 3. The zero-order chi connectivity index (χ0) is 14.8. The first-order chi connectivity index (χ1) is 9.41. The van der Waals surface area contributed by atoms with Crippen LogP contribution in [0.3, 0.4) is 0 Å². The van der Waals surface area contributed by atoms with Gasteiger partial charge in [0, 0.05) is 12.6 Å². The van der Waals surface area contributed by atoms with Gasteiger partial charge >= 0.3 is 0 Å². The fourth-order valence-electron chi connectivity index (χ4n) is 2.83. The Balaban J connectivity index is 2.30. The van der Waals surface area contributed by atoms with Gasteiger partial charge in [-0.1, -0.05) is 18.6 Å². The van der Waals surface area contributed by atoms with Crippen LogP contribution in [0.5, 0.6) is 0 Å². The second-order valence-corrected chi connectivity index (χ2v) is 7.56. The number of hydrogen-bond donors (Lipinski definition) is 1. The van der Waals surface area contributed by atoms with Crippen molar-refractivity contribution in [2.75, 3.05) is 6.54 Å². The zero-order valence-electron chi connectivity index (χ0n) is 12.1. The summed E-state index contributed by atoms with van der Waals surface area (Å²) in [5.74, 6) is 0. The summed E-state index contributed by atoms with van der Waals surface area (Å²) in [5, 5.41) is 9.58. The molecule has 0 amide bonds. The molecule has 1 N–H and O–H groups in total. The van der Waals surface area contributed by atoms with Gasteiger partial charge < -0.3 is 5.11 Å². The molecule has 1 aliphatic rings. The van der Waals surface area contributed by atoms with Crippen LogP contribution in [0, 0.1) is 6.92 Å². The Kier molecular flexibility index (Phi) is 4.83. The molecule has 1 heterocycles. The van der Waals surface area contributed by atoms with Gasteiger partial charge in [-0.3, -0.25) is 0 Å². The molecular weight excluding hydrogens is 274 g/mol. The van der Waals surface area contributed by atoms with Gasteiger partial charge in [-0.25, -0.2) is 8.42 Å². The topological polar surface area (TPSA) is 57.6 Å². The first-order valence-electron chi connectivity index (χ1n) is 7.18. The minimum absolute atomic E-state index is 0.0886. The Morgan fingerprint density at radius 1 is 1.40 bits per heavy atom. The molecule has 0 radical (unpaired) electrons. The molecule has 1 saturated heterocycles. The fourth-order valence-corrected chi connectivity index (χ4v) is 4.64. The summed E-state index contributed by atoms with van der Waals surface area (Å²) in [6, 6.07) is 6.94. The summed E-state index contributed by atoms with van der Waals surface area (Å²) in [7, 11) is -3.46. The highest BCUT2D eigenvalue weighted by Gasteiger charge is 2.33. The van der Waals surface area contributed by atoms with E-state index >= 15 is 0 Å². The molecule has 2 rings (SSSR count). The molecule has 1 aliphatic heterocycles. The second kappa shape index (κ2) is 6.24. The van der Waals surface area contributed by atoms with Crippen LogP contribution in [-0.2, 0) is 10.0 Å². The highest BCUT2D eigenvalue weighted by Crippen LogP contribution is 2.28. The van der Waals surface area contributed by atoms with E-state index in [-0.39, 0.29) is 6.04 Å². The lowest BCUT2D eigenvalue weighted by Gasteiger charge is -2.35. The fraction of sp³-hybridized carbons (Fsp3) is 0.600. The summed E-state index contributed by atoms with van der Waals surface area (Å²) < 4.78 is 27.1. The average Bonchev–Trinajstić information content (AvgIpc) is 2.38. The van der Waals surface area contributed by atoms with Gasteiger partial charge in [-0.05, 0) is 50.8 Å². The van der Waals surface area contributed by atoms with E-state index in [2.05, 4.69) is 0 Å². The van der Waals surface area contributed by atoms with Crippen molar-refractivity contribution >= 4 is 10.0 Å². The van der Waals surface area contributed by atoms with Crippen molar-refractivity contribution in [2.45, 2.75) is 56.6 Å². The third-order valence-corrected chi connectivity index (χ3v) is 5.73. The van der Waals surface area contributed by atoms with E-state index in [0.717, 1.165) is 24.8 Å². The molecule has 2 atom stereocenters. The van der Waals surface area contributed by atoms with Crippen LogP contribution in [0.2, 0.25) is 0 Å². The smallest absolute Gasteiger partial charge is 0.243 e. The van der Waals surface area contributed by atoms with Crippen LogP contribution >= 0.6 is 0 Å². The number of aliphatic hydroxyl groups is 1. The summed E-state index contributed by atoms with van der Waals surface area (Å²) >= 11 is 0. The van der Waals surface area contributed by atoms with Crippen molar-refractivity contribution in [1.82, 2.24) is 4.31 Å². The van der Waals surface area contributed by atoms with Crippen molar-refractivity contribution in [3.8, 4) is 0 Å². The van der Waals surface area contributed by atoms with Gasteiger partial charge in [0.15, 0.2) is 0 Å². The van der Waals surface area contributed by atoms with Crippen molar-refractivity contribution in [3.05, 3.63) is 29.8 Å². The average molecular weight is 297 g/mol. The molecule has 0 aliphatic carbocycles. The molecular formula is C15H23NO3S. The number of rotatable bonds is 4. The summed E-state index contributed by atoms with van der Waals surface area (Å²) in [4.78, 5) is 0.356. The standard InChI is InChI=1S/C15H23NO3S/c1-12-6-5-8-15(10-12)20(18,19)16-9-4-3-7-14(16)11-13(2)17/h5-6,8,10,13-14,17H,3-4,7,9,11H2,1-2H3. The largest absolute Gasteiger partial charge is 0.393 e. The van der Waals surface area contributed by atoms with Gasteiger partial charge in [0.2, 0.25) is 10.0 Å². The van der Waals surface area contributed by atoms with Crippen molar-refractivity contribution in [2.24, 2.45) is 0 Å². The summed E-state index contributed by atoms with van der Waals surface area (Å²) in [5.41, 5.74) is 0.940. The number of nitrogens with zero attached hydrogens (tertiary/aromatic N) is 1.